The van der Waals surface area contributed by atoms with Crippen LogP contribution in [-0.4, -0.2) is 24.7 Å². The fourth-order valence-corrected chi connectivity index (χ4v) is 1.94. The number of methoxy groups -OCH3 is 1. The summed E-state index contributed by atoms with van der Waals surface area (Å²) < 4.78 is 35.4. The molecule has 1 rings (SSSR count). The summed E-state index contributed by atoms with van der Waals surface area (Å²) in [4.78, 5) is 15.1. The Labute approximate surface area is 110 Å². The van der Waals surface area contributed by atoms with Crippen LogP contribution in [0.1, 0.15) is 29.4 Å². The first-order valence-electron chi connectivity index (χ1n) is 4.71. The zero-order valence-corrected chi connectivity index (χ0v) is 11.3. The Hall–Kier alpha value is -0.990. The first-order chi connectivity index (χ1) is 8.01. The Morgan fingerprint density at radius 1 is 1.59 bits per heavy atom. The van der Waals surface area contributed by atoms with E-state index in [1.807, 2.05) is 0 Å². The van der Waals surface area contributed by atoms with Crippen molar-refractivity contribution in [3.05, 3.63) is 20.9 Å². The van der Waals surface area contributed by atoms with E-state index < -0.39 is 18.1 Å². The van der Waals surface area contributed by atoms with E-state index in [0.29, 0.717) is 3.57 Å². The van der Waals surface area contributed by atoms with E-state index in [0.717, 1.165) is 0 Å². The lowest BCUT2D eigenvalue weighted by Crippen LogP contribution is -2.13. The zero-order chi connectivity index (χ0) is 13.0. The summed E-state index contributed by atoms with van der Waals surface area (Å²) >= 11 is 1.77. The highest BCUT2D eigenvalue weighted by Gasteiger charge is 2.25. The van der Waals surface area contributed by atoms with Crippen molar-refractivity contribution in [1.29, 1.82) is 0 Å². The van der Waals surface area contributed by atoms with Gasteiger partial charge in [-0.1, -0.05) is 0 Å². The summed E-state index contributed by atoms with van der Waals surface area (Å²) in [6.45, 7) is 1.72. The Balaban J connectivity index is 3.31. The highest BCUT2D eigenvalue weighted by molar-refractivity contribution is 14.1. The largest absolute Gasteiger partial charge is 0.481 e. The molecule has 0 radical (unpaired) electrons. The highest BCUT2D eigenvalue weighted by Crippen LogP contribution is 2.28. The summed E-state index contributed by atoms with van der Waals surface area (Å²) in [5.41, 5.74) is -0.824. The standard InChI is InChI=1S/C10H10F2INO3/c1-3-17-10(15)7-5(13)4-6(16-2)14-8(7)9(11)12/h4,9H,3H2,1-2H3. The average molecular weight is 357 g/mol. The monoisotopic (exact) mass is 357 g/mol. The molecule has 1 heterocycles. The fourth-order valence-electron chi connectivity index (χ4n) is 1.18. The second-order valence-corrected chi connectivity index (χ2v) is 4.09. The Morgan fingerprint density at radius 2 is 2.24 bits per heavy atom. The number of carbonyl (C=O) groups excluding carboxylic acids is 1. The third-order valence-corrected chi connectivity index (χ3v) is 2.72. The maximum Gasteiger partial charge on any atom is 0.341 e. The molecule has 1 aromatic heterocycles. The van der Waals surface area contributed by atoms with Gasteiger partial charge in [0, 0.05) is 9.64 Å². The van der Waals surface area contributed by atoms with Crippen LogP contribution in [-0.2, 0) is 4.74 Å². The predicted molar refractivity (Wildman–Crippen MR) is 64.4 cm³/mol. The van der Waals surface area contributed by atoms with Crippen LogP contribution >= 0.6 is 22.6 Å². The van der Waals surface area contributed by atoms with Crippen molar-refractivity contribution in [2.75, 3.05) is 13.7 Å². The minimum Gasteiger partial charge on any atom is -0.481 e. The number of nitrogens with zero attached hydrogens (tertiary/aromatic N) is 1. The van der Waals surface area contributed by atoms with Crippen molar-refractivity contribution in [3.63, 3.8) is 0 Å². The van der Waals surface area contributed by atoms with E-state index >= 15 is 0 Å². The van der Waals surface area contributed by atoms with E-state index in [4.69, 9.17) is 9.47 Å². The summed E-state index contributed by atoms with van der Waals surface area (Å²) in [5.74, 6) is -0.764. The summed E-state index contributed by atoms with van der Waals surface area (Å²) in [5, 5.41) is 0. The molecule has 0 fully saturated rings. The highest BCUT2D eigenvalue weighted by atomic mass is 127. The van der Waals surface area contributed by atoms with Crippen LogP contribution in [0.3, 0.4) is 0 Å². The van der Waals surface area contributed by atoms with Crippen molar-refractivity contribution < 1.29 is 23.0 Å². The molecule has 0 unspecified atom stereocenters. The van der Waals surface area contributed by atoms with Gasteiger partial charge in [0.1, 0.15) is 11.3 Å². The third kappa shape index (κ3) is 3.24. The van der Waals surface area contributed by atoms with Gasteiger partial charge in [-0.2, -0.15) is 0 Å². The van der Waals surface area contributed by atoms with Crippen LogP contribution in [0, 0.1) is 3.57 Å². The van der Waals surface area contributed by atoms with E-state index in [-0.39, 0.29) is 18.1 Å². The minimum atomic E-state index is -2.86. The second-order valence-electron chi connectivity index (χ2n) is 2.93. The van der Waals surface area contributed by atoms with E-state index in [2.05, 4.69) is 4.98 Å². The number of hydrogen-bond acceptors (Lipinski definition) is 4. The minimum absolute atomic E-state index is 0.0396. The first kappa shape index (κ1) is 14.1. The molecule has 4 nitrogen and oxygen atoms in total. The predicted octanol–water partition coefficient (Wildman–Crippen LogP) is 2.81. The molecule has 94 valence electrons. The zero-order valence-electron chi connectivity index (χ0n) is 9.17. The third-order valence-electron chi connectivity index (χ3n) is 1.87. The molecule has 0 aromatic carbocycles. The van der Waals surface area contributed by atoms with Crippen LogP contribution < -0.4 is 4.74 Å². The maximum absolute atomic E-state index is 12.8. The average Bonchev–Trinajstić information content (AvgIpc) is 2.27. The maximum atomic E-state index is 12.8. The SMILES string of the molecule is CCOC(=O)c1c(I)cc(OC)nc1C(F)F. The lowest BCUT2D eigenvalue weighted by atomic mass is 10.2. The summed E-state index contributed by atoms with van der Waals surface area (Å²) in [6, 6.07) is 1.40. The Kier molecular flexibility index (Phi) is 5.03. The van der Waals surface area contributed by atoms with Crippen molar-refractivity contribution >= 4 is 28.6 Å². The van der Waals surface area contributed by atoms with Gasteiger partial charge in [-0.05, 0) is 29.5 Å². The van der Waals surface area contributed by atoms with Crippen molar-refractivity contribution in [2.45, 2.75) is 13.3 Å². The Morgan fingerprint density at radius 3 is 2.71 bits per heavy atom. The van der Waals surface area contributed by atoms with Gasteiger partial charge in [0.05, 0.1) is 13.7 Å². The number of alkyl halides is 2. The van der Waals surface area contributed by atoms with Crippen LogP contribution in [0.15, 0.2) is 6.07 Å². The van der Waals surface area contributed by atoms with Gasteiger partial charge in [0.2, 0.25) is 5.88 Å². The fraction of sp³-hybridized carbons (Fsp3) is 0.400. The first-order valence-corrected chi connectivity index (χ1v) is 5.78. The number of carbonyl (C=O) groups is 1. The quantitative estimate of drug-likeness (QED) is 0.614. The van der Waals surface area contributed by atoms with Crippen molar-refractivity contribution in [1.82, 2.24) is 4.98 Å². The summed E-state index contributed by atoms with van der Waals surface area (Å²) in [7, 11) is 1.32. The molecule has 0 saturated heterocycles. The van der Waals surface area contributed by atoms with E-state index in [9.17, 15) is 13.6 Å². The Bertz CT molecular complexity index is 426. The van der Waals surface area contributed by atoms with Gasteiger partial charge in [-0.3, -0.25) is 0 Å². The van der Waals surface area contributed by atoms with E-state index in [1.165, 1.54) is 13.2 Å². The van der Waals surface area contributed by atoms with Crippen LogP contribution in [0.2, 0.25) is 0 Å². The van der Waals surface area contributed by atoms with Crippen LogP contribution in [0.4, 0.5) is 8.78 Å². The van der Waals surface area contributed by atoms with Gasteiger partial charge in [-0.25, -0.2) is 18.6 Å². The smallest absolute Gasteiger partial charge is 0.341 e. The van der Waals surface area contributed by atoms with E-state index in [1.54, 1.807) is 29.5 Å². The number of ether oxygens (including phenoxy) is 2. The number of esters is 1. The topological polar surface area (TPSA) is 48.4 Å². The summed E-state index contributed by atoms with van der Waals surface area (Å²) in [6.07, 6.45) is -2.86. The normalized spacial score (nSPS) is 10.5. The lowest BCUT2D eigenvalue weighted by molar-refractivity contribution is 0.0511. The second kappa shape index (κ2) is 6.08. The number of pyridine rings is 1. The van der Waals surface area contributed by atoms with Crippen LogP contribution in [0.5, 0.6) is 5.88 Å². The molecule has 0 saturated carbocycles. The molecule has 0 spiro atoms. The molecule has 0 N–H and O–H groups in total. The van der Waals surface area contributed by atoms with Crippen LogP contribution in [0.25, 0.3) is 0 Å². The molecule has 0 aliphatic rings. The molecular formula is C10H10F2INO3. The van der Waals surface area contributed by atoms with Crippen molar-refractivity contribution in [3.8, 4) is 5.88 Å². The molecule has 0 amide bonds. The number of halogens is 3. The molecule has 7 heteroatoms. The molecule has 0 aliphatic heterocycles. The van der Waals surface area contributed by atoms with Gasteiger partial charge in [0.25, 0.3) is 6.43 Å². The number of rotatable bonds is 4. The molecule has 0 bridgehead atoms. The number of aromatic nitrogens is 1. The molecule has 0 atom stereocenters. The molecule has 17 heavy (non-hydrogen) atoms. The van der Waals surface area contributed by atoms with Gasteiger partial charge >= 0.3 is 5.97 Å². The lowest BCUT2D eigenvalue weighted by Gasteiger charge is -2.11. The molecular weight excluding hydrogens is 347 g/mol. The van der Waals surface area contributed by atoms with Gasteiger partial charge < -0.3 is 9.47 Å². The molecule has 1 aromatic rings. The van der Waals surface area contributed by atoms with Gasteiger partial charge in [-0.15, -0.1) is 0 Å². The molecule has 0 aliphatic carbocycles. The number of hydrogen-bond donors (Lipinski definition) is 0. The van der Waals surface area contributed by atoms with Gasteiger partial charge in [0.15, 0.2) is 0 Å². The van der Waals surface area contributed by atoms with Crippen molar-refractivity contribution in [2.24, 2.45) is 0 Å².